The zero-order valence-corrected chi connectivity index (χ0v) is 12.9. The van der Waals surface area contributed by atoms with Crippen molar-refractivity contribution in [2.45, 2.75) is 37.0 Å². The van der Waals surface area contributed by atoms with Gasteiger partial charge in [-0.15, -0.1) is 11.6 Å². The van der Waals surface area contributed by atoms with Crippen LogP contribution in [0.3, 0.4) is 0 Å². The van der Waals surface area contributed by atoms with Gasteiger partial charge in [0, 0.05) is 11.9 Å². The molecule has 0 heterocycles. The molecule has 3 nitrogen and oxygen atoms in total. The van der Waals surface area contributed by atoms with Gasteiger partial charge < -0.3 is 0 Å². The van der Waals surface area contributed by atoms with Crippen LogP contribution in [0.1, 0.15) is 26.7 Å². The molecular weight excluding hydrogens is 308 g/mol. The molecule has 1 aromatic carbocycles. The number of alkyl halides is 1. The molecule has 0 aromatic heterocycles. The monoisotopic (exact) mass is 325 g/mol. The van der Waals surface area contributed by atoms with Crippen LogP contribution in [0.25, 0.3) is 0 Å². The van der Waals surface area contributed by atoms with E-state index in [2.05, 4.69) is 4.72 Å². The Morgan fingerprint density at radius 1 is 1.25 bits per heavy atom. The average molecular weight is 326 g/mol. The van der Waals surface area contributed by atoms with E-state index in [9.17, 15) is 17.2 Å². The molecule has 1 unspecified atom stereocenters. The third-order valence-electron chi connectivity index (χ3n) is 3.21. The standard InChI is InChI=1S/C13H18ClF2NO2S/c1-3-9(4-2)11(14)8-17-20(18,19)13-7-10(15)5-6-12(13)16/h5-7,9,11,17H,3-4,8H2,1-2H3. The van der Waals surface area contributed by atoms with Crippen LogP contribution in [-0.4, -0.2) is 20.3 Å². The lowest BCUT2D eigenvalue weighted by molar-refractivity contribution is 0.459. The first-order valence-corrected chi connectivity index (χ1v) is 8.32. The highest BCUT2D eigenvalue weighted by Crippen LogP contribution is 2.20. The molecule has 0 spiro atoms. The van der Waals surface area contributed by atoms with Gasteiger partial charge in [0.1, 0.15) is 16.5 Å². The molecule has 0 radical (unpaired) electrons. The lowest BCUT2D eigenvalue weighted by Crippen LogP contribution is -2.33. The lowest BCUT2D eigenvalue weighted by Gasteiger charge is -2.19. The number of nitrogens with one attached hydrogen (secondary N) is 1. The van der Waals surface area contributed by atoms with Gasteiger partial charge in [0.2, 0.25) is 10.0 Å². The molecule has 114 valence electrons. The first-order valence-electron chi connectivity index (χ1n) is 6.40. The second-order valence-corrected chi connectivity index (χ2v) is 6.82. The maximum absolute atomic E-state index is 13.5. The van der Waals surface area contributed by atoms with Gasteiger partial charge in [-0.2, -0.15) is 0 Å². The molecule has 1 rings (SSSR count). The van der Waals surface area contributed by atoms with E-state index in [4.69, 9.17) is 11.6 Å². The normalized spacial score (nSPS) is 13.7. The van der Waals surface area contributed by atoms with E-state index in [1.165, 1.54) is 0 Å². The smallest absolute Gasteiger partial charge is 0.210 e. The molecule has 0 aliphatic rings. The minimum absolute atomic E-state index is 0.0216. The molecule has 0 saturated heterocycles. The van der Waals surface area contributed by atoms with Gasteiger partial charge in [-0.1, -0.05) is 26.7 Å². The molecule has 20 heavy (non-hydrogen) atoms. The van der Waals surface area contributed by atoms with Gasteiger partial charge in [0.15, 0.2) is 0 Å². The number of sulfonamides is 1. The quantitative estimate of drug-likeness (QED) is 0.782. The van der Waals surface area contributed by atoms with Crippen LogP contribution in [0, 0.1) is 17.6 Å². The Balaban J connectivity index is 2.83. The molecule has 0 fully saturated rings. The topological polar surface area (TPSA) is 46.2 Å². The maximum atomic E-state index is 13.5. The molecule has 1 aromatic rings. The van der Waals surface area contributed by atoms with Crippen LogP contribution in [0.2, 0.25) is 0 Å². The summed E-state index contributed by atoms with van der Waals surface area (Å²) in [4.78, 5) is -0.703. The number of hydrogen-bond donors (Lipinski definition) is 1. The summed E-state index contributed by atoms with van der Waals surface area (Å²) in [6.45, 7) is 3.90. The predicted octanol–water partition coefficient (Wildman–Crippen LogP) is 3.29. The van der Waals surface area contributed by atoms with E-state index in [1.807, 2.05) is 13.8 Å². The first-order chi connectivity index (χ1) is 9.31. The summed E-state index contributed by atoms with van der Waals surface area (Å²) in [5.41, 5.74) is 0. The summed E-state index contributed by atoms with van der Waals surface area (Å²) in [7, 11) is -4.11. The Bertz CT molecular complexity index is 547. The molecule has 0 aliphatic carbocycles. The Hall–Kier alpha value is -0.720. The number of benzene rings is 1. The number of rotatable bonds is 7. The van der Waals surface area contributed by atoms with Crippen molar-refractivity contribution in [3.63, 3.8) is 0 Å². The van der Waals surface area contributed by atoms with Crippen LogP contribution in [0.5, 0.6) is 0 Å². The highest BCUT2D eigenvalue weighted by molar-refractivity contribution is 7.89. The largest absolute Gasteiger partial charge is 0.243 e. The number of halogens is 3. The molecule has 1 atom stereocenters. The molecule has 7 heteroatoms. The Morgan fingerprint density at radius 2 is 1.85 bits per heavy atom. The van der Waals surface area contributed by atoms with Crippen LogP contribution >= 0.6 is 11.6 Å². The van der Waals surface area contributed by atoms with Gasteiger partial charge in [0.25, 0.3) is 0 Å². The van der Waals surface area contributed by atoms with Crippen molar-refractivity contribution < 1.29 is 17.2 Å². The van der Waals surface area contributed by atoms with E-state index >= 15 is 0 Å². The average Bonchev–Trinajstić information content (AvgIpc) is 2.40. The minimum atomic E-state index is -4.11. The third-order valence-corrected chi connectivity index (χ3v) is 5.16. The van der Waals surface area contributed by atoms with Gasteiger partial charge in [-0.25, -0.2) is 21.9 Å². The highest BCUT2D eigenvalue weighted by atomic mass is 35.5. The van der Waals surface area contributed by atoms with Crippen molar-refractivity contribution in [3.05, 3.63) is 29.8 Å². The van der Waals surface area contributed by atoms with E-state index in [1.54, 1.807) is 0 Å². The van der Waals surface area contributed by atoms with Crippen LogP contribution < -0.4 is 4.72 Å². The summed E-state index contributed by atoms with van der Waals surface area (Å²) in [6.07, 6.45) is 1.64. The molecule has 0 saturated carbocycles. The predicted molar refractivity (Wildman–Crippen MR) is 75.3 cm³/mol. The highest BCUT2D eigenvalue weighted by Gasteiger charge is 2.23. The first kappa shape index (κ1) is 17.3. The Kier molecular flexibility index (Phi) is 6.36. The summed E-state index contributed by atoms with van der Waals surface area (Å²) >= 11 is 6.12. The fraction of sp³-hybridized carbons (Fsp3) is 0.538. The molecule has 0 amide bonds. The van der Waals surface area contributed by atoms with Crippen molar-refractivity contribution in [1.82, 2.24) is 4.72 Å². The van der Waals surface area contributed by atoms with E-state index in [0.29, 0.717) is 6.07 Å². The molecule has 0 bridgehead atoms. The van der Waals surface area contributed by atoms with Crippen molar-refractivity contribution in [2.24, 2.45) is 5.92 Å². The van der Waals surface area contributed by atoms with E-state index < -0.39 is 31.9 Å². The van der Waals surface area contributed by atoms with E-state index in [-0.39, 0.29) is 12.5 Å². The Labute approximate surface area is 123 Å². The van der Waals surface area contributed by atoms with Crippen LogP contribution in [-0.2, 0) is 10.0 Å². The van der Waals surface area contributed by atoms with Gasteiger partial charge >= 0.3 is 0 Å². The third kappa shape index (κ3) is 4.40. The zero-order chi connectivity index (χ0) is 15.3. The van der Waals surface area contributed by atoms with Crippen molar-refractivity contribution in [3.8, 4) is 0 Å². The van der Waals surface area contributed by atoms with Crippen molar-refractivity contribution in [2.75, 3.05) is 6.54 Å². The van der Waals surface area contributed by atoms with E-state index in [0.717, 1.165) is 25.0 Å². The summed E-state index contributed by atoms with van der Waals surface area (Å²) in [5.74, 6) is -1.64. The van der Waals surface area contributed by atoms with Crippen LogP contribution in [0.15, 0.2) is 23.1 Å². The maximum Gasteiger partial charge on any atom is 0.243 e. The van der Waals surface area contributed by atoms with Gasteiger partial charge in [-0.3, -0.25) is 0 Å². The second kappa shape index (κ2) is 7.33. The van der Waals surface area contributed by atoms with Gasteiger partial charge in [0.05, 0.1) is 0 Å². The molecule has 0 aliphatic heterocycles. The fourth-order valence-electron chi connectivity index (χ4n) is 1.92. The van der Waals surface area contributed by atoms with Gasteiger partial charge in [-0.05, 0) is 24.1 Å². The SMILES string of the molecule is CCC(CC)C(Cl)CNS(=O)(=O)c1cc(F)ccc1F. The van der Waals surface area contributed by atoms with Crippen molar-refractivity contribution >= 4 is 21.6 Å². The van der Waals surface area contributed by atoms with Crippen molar-refractivity contribution in [1.29, 1.82) is 0 Å². The minimum Gasteiger partial charge on any atom is -0.210 e. The number of hydrogen-bond acceptors (Lipinski definition) is 2. The zero-order valence-electron chi connectivity index (χ0n) is 11.4. The second-order valence-electron chi connectivity index (χ2n) is 4.52. The Morgan fingerprint density at radius 3 is 2.40 bits per heavy atom. The van der Waals surface area contributed by atoms with Crippen LogP contribution in [0.4, 0.5) is 8.78 Å². The molecular formula is C13H18ClF2NO2S. The summed E-state index contributed by atoms with van der Waals surface area (Å²) in [5, 5.41) is -0.392. The molecule has 1 N–H and O–H groups in total. The summed E-state index contributed by atoms with van der Waals surface area (Å²) in [6, 6.07) is 2.30. The lowest BCUT2D eigenvalue weighted by atomic mass is 9.99. The fourth-order valence-corrected chi connectivity index (χ4v) is 3.59. The summed E-state index contributed by atoms with van der Waals surface area (Å²) < 4.78 is 52.6.